The molecular weight excluding hydrogens is 266 g/mol. The first-order valence-electron chi connectivity index (χ1n) is 6.70. The van der Waals surface area contributed by atoms with Gasteiger partial charge in [0.2, 0.25) is 0 Å². The van der Waals surface area contributed by atoms with Gasteiger partial charge in [-0.25, -0.2) is 13.6 Å². The Morgan fingerprint density at radius 1 is 1.30 bits per heavy atom. The lowest BCUT2D eigenvalue weighted by Crippen LogP contribution is -2.47. The van der Waals surface area contributed by atoms with E-state index in [1.54, 1.807) is 30.3 Å². The van der Waals surface area contributed by atoms with Gasteiger partial charge >= 0.3 is 5.97 Å². The monoisotopic (exact) mass is 284 g/mol. The van der Waals surface area contributed by atoms with Crippen molar-refractivity contribution in [1.29, 1.82) is 0 Å². The molecule has 110 valence electrons. The number of carbonyl (C=O) groups excluding carboxylic acids is 1. The highest BCUT2D eigenvalue weighted by Crippen LogP contribution is 2.36. The summed E-state index contributed by atoms with van der Waals surface area (Å²) in [6.45, 7) is 1.25. The van der Waals surface area contributed by atoms with E-state index in [1.807, 2.05) is 6.92 Å². The summed E-state index contributed by atoms with van der Waals surface area (Å²) < 4.78 is 36.7. The fraction of sp³-hybridized carbons (Fsp3) is 0.533. The summed E-state index contributed by atoms with van der Waals surface area (Å²) in [4.78, 5) is 11.8. The molecule has 1 aliphatic heterocycles. The lowest BCUT2D eigenvalue weighted by Gasteiger charge is -2.39. The minimum absolute atomic E-state index is 0.00725. The molecule has 5 heteroatoms. The van der Waals surface area contributed by atoms with E-state index in [9.17, 15) is 13.6 Å². The van der Waals surface area contributed by atoms with E-state index in [4.69, 9.17) is 9.47 Å². The molecule has 1 aromatic rings. The van der Waals surface area contributed by atoms with Crippen molar-refractivity contribution in [2.45, 2.75) is 37.7 Å². The van der Waals surface area contributed by atoms with Gasteiger partial charge in [0.15, 0.2) is 0 Å². The maximum atomic E-state index is 13.1. The van der Waals surface area contributed by atoms with Crippen LogP contribution in [0.1, 0.15) is 36.5 Å². The fourth-order valence-electron chi connectivity index (χ4n) is 2.16. The molecule has 0 spiro atoms. The minimum atomic E-state index is -2.78. The maximum absolute atomic E-state index is 13.1. The molecule has 1 unspecified atom stereocenters. The van der Waals surface area contributed by atoms with Crippen LogP contribution in [0.5, 0.6) is 0 Å². The second-order valence-electron chi connectivity index (χ2n) is 5.12. The van der Waals surface area contributed by atoms with E-state index in [2.05, 4.69) is 0 Å². The van der Waals surface area contributed by atoms with Crippen molar-refractivity contribution in [3.05, 3.63) is 35.9 Å². The first-order valence-corrected chi connectivity index (χ1v) is 6.70. The van der Waals surface area contributed by atoms with Gasteiger partial charge in [0.25, 0.3) is 5.92 Å². The molecule has 0 amide bonds. The number of ether oxygens (including phenoxy) is 2. The molecule has 1 aliphatic rings. The highest BCUT2D eigenvalue weighted by atomic mass is 19.3. The average molecular weight is 284 g/mol. The van der Waals surface area contributed by atoms with Gasteiger partial charge in [0, 0.05) is 6.42 Å². The summed E-state index contributed by atoms with van der Waals surface area (Å²) in [7, 11) is 0. The summed E-state index contributed by atoms with van der Waals surface area (Å²) in [5.41, 5.74) is -0.341. The van der Waals surface area contributed by atoms with Crippen molar-refractivity contribution >= 4 is 5.97 Å². The van der Waals surface area contributed by atoms with Gasteiger partial charge in [0.05, 0.1) is 5.56 Å². The van der Waals surface area contributed by atoms with E-state index < -0.39 is 24.1 Å². The molecular formula is C15H18F2O3. The average Bonchev–Trinajstić information content (AvgIpc) is 2.47. The van der Waals surface area contributed by atoms with E-state index in [0.29, 0.717) is 12.0 Å². The van der Waals surface area contributed by atoms with Gasteiger partial charge < -0.3 is 9.47 Å². The van der Waals surface area contributed by atoms with Crippen LogP contribution in [0.25, 0.3) is 0 Å². The molecule has 20 heavy (non-hydrogen) atoms. The molecule has 0 bridgehead atoms. The lowest BCUT2D eigenvalue weighted by atomic mass is 9.90. The maximum Gasteiger partial charge on any atom is 0.338 e. The quantitative estimate of drug-likeness (QED) is 0.795. The van der Waals surface area contributed by atoms with Crippen LogP contribution in [0.2, 0.25) is 0 Å². The SMILES string of the molecule is CCC1(COC(=O)c2ccccc2)CCC(F)(F)CO1. The number of hydrogen-bond acceptors (Lipinski definition) is 3. The molecule has 1 fully saturated rings. The van der Waals surface area contributed by atoms with Crippen molar-refractivity contribution in [2.75, 3.05) is 13.2 Å². The number of hydrogen-bond donors (Lipinski definition) is 0. The zero-order chi connectivity index (χ0) is 14.6. The van der Waals surface area contributed by atoms with E-state index in [0.717, 1.165) is 0 Å². The van der Waals surface area contributed by atoms with Gasteiger partial charge in [-0.2, -0.15) is 0 Å². The minimum Gasteiger partial charge on any atom is -0.459 e. The zero-order valence-corrected chi connectivity index (χ0v) is 11.4. The normalized spacial score (nSPS) is 25.1. The standard InChI is InChI=1S/C15H18F2O3/c1-2-14(8-9-15(16,17)11-20-14)10-19-13(18)12-6-4-3-5-7-12/h3-7H,2,8-11H2,1H3. The molecule has 2 rings (SSSR count). The van der Waals surface area contributed by atoms with E-state index in [1.165, 1.54) is 0 Å². The predicted octanol–water partition coefficient (Wildman–Crippen LogP) is 3.44. The third-order valence-corrected chi connectivity index (χ3v) is 3.66. The Morgan fingerprint density at radius 3 is 2.55 bits per heavy atom. The Labute approximate surface area is 116 Å². The van der Waals surface area contributed by atoms with Crippen LogP contribution in [-0.4, -0.2) is 30.7 Å². The van der Waals surface area contributed by atoms with Crippen LogP contribution in [0, 0.1) is 0 Å². The Kier molecular flexibility index (Phi) is 4.38. The number of esters is 1. The second kappa shape index (κ2) is 5.87. The summed E-state index contributed by atoms with van der Waals surface area (Å²) in [6.07, 6.45) is 0.493. The summed E-state index contributed by atoms with van der Waals surface area (Å²) in [6, 6.07) is 8.58. The number of carbonyl (C=O) groups is 1. The molecule has 1 atom stereocenters. The van der Waals surface area contributed by atoms with Gasteiger partial charge in [0.1, 0.15) is 18.8 Å². The Morgan fingerprint density at radius 2 is 2.00 bits per heavy atom. The Hall–Kier alpha value is -1.49. The van der Waals surface area contributed by atoms with Gasteiger partial charge in [-0.05, 0) is 25.0 Å². The lowest BCUT2D eigenvalue weighted by molar-refractivity contribution is -0.200. The van der Waals surface area contributed by atoms with Crippen molar-refractivity contribution in [2.24, 2.45) is 0 Å². The third kappa shape index (κ3) is 3.54. The summed E-state index contributed by atoms with van der Waals surface area (Å²) in [5.74, 6) is -3.23. The second-order valence-corrected chi connectivity index (χ2v) is 5.12. The topological polar surface area (TPSA) is 35.5 Å². The van der Waals surface area contributed by atoms with Crippen LogP contribution >= 0.6 is 0 Å². The van der Waals surface area contributed by atoms with Crippen molar-refractivity contribution < 1.29 is 23.0 Å². The Balaban J connectivity index is 1.93. The smallest absolute Gasteiger partial charge is 0.338 e. The summed E-state index contributed by atoms with van der Waals surface area (Å²) in [5, 5.41) is 0. The predicted molar refractivity (Wildman–Crippen MR) is 69.9 cm³/mol. The van der Waals surface area contributed by atoms with Gasteiger partial charge in [-0.15, -0.1) is 0 Å². The van der Waals surface area contributed by atoms with Crippen LogP contribution < -0.4 is 0 Å². The first kappa shape index (κ1) is 14.9. The van der Waals surface area contributed by atoms with Crippen molar-refractivity contribution in [1.82, 2.24) is 0 Å². The van der Waals surface area contributed by atoms with Crippen LogP contribution in [-0.2, 0) is 9.47 Å². The van der Waals surface area contributed by atoms with Crippen LogP contribution in [0.15, 0.2) is 30.3 Å². The van der Waals surface area contributed by atoms with Gasteiger partial charge in [-0.1, -0.05) is 25.1 Å². The molecule has 0 aliphatic carbocycles. The van der Waals surface area contributed by atoms with Crippen molar-refractivity contribution in [3.63, 3.8) is 0 Å². The highest BCUT2D eigenvalue weighted by Gasteiger charge is 2.44. The van der Waals surface area contributed by atoms with E-state index in [-0.39, 0.29) is 19.4 Å². The fourth-order valence-corrected chi connectivity index (χ4v) is 2.16. The van der Waals surface area contributed by atoms with Gasteiger partial charge in [-0.3, -0.25) is 0 Å². The highest BCUT2D eigenvalue weighted by molar-refractivity contribution is 5.89. The zero-order valence-electron chi connectivity index (χ0n) is 11.4. The molecule has 1 aromatic carbocycles. The van der Waals surface area contributed by atoms with Crippen LogP contribution in [0.4, 0.5) is 8.78 Å². The first-order chi connectivity index (χ1) is 9.46. The van der Waals surface area contributed by atoms with E-state index >= 15 is 0 Å². The number of alkyl halides is 2. The molecule has 1 saturated heterocycles. The number of halogens is 2. The molecule has 3 nitrogen and oxygen atoms in total. The summed E-state index contributed by atoms with van der Waals surface area (Å²) >= 11 is 0. The molecule has 0 saturated carbocycles. The van der Waals surface area contributed by atoms with Crippen molar-refractivity contribution in [3.8, 4) is 0 Å². The Bertz CT molecular complexity index is 449. The largest absolute Gasteiger partial charge is 0.459 e. The molecule has 0 radical (unpaired) electrons. The number of benzene rings is 1. The molecule has 0 aromatic heterocycles. The van der Waals surface area contributed by atoms with Crippen LogP contribution in [0.3, 0.4) is 0 Å². The third-order valence-electron chi connectivity index (χ3n) is 3.66. The molecule has 0 N–H and O–H groups in total. The number of rotatable bonds is 4. The molecule has 1 heterocycles.